The first-order valence-electron chi connectivity index (χ1n) is 12.0. The van der Waals surface area contributed by atoms with Gasteiger partial charge >= 0.3 is 12.1 Å². The van der Waals surface area contributed by atoms with E-state index in [1.165, 1.54) is 7.11 Å². The second-order valence-electron chi connectivity index (χ2n) is 9.19. The summed E-state index contributed by atoms with van der Waals surface area (Å²) in [6.45, 7) is 0.638. The van der Waals surface area contributed by atoms with Crippen LogP contribution in [0.5, 0.6) is 0 Å². The Bertz CT molecular complexity index is 1160. The monoisotopic (exact) mass is 471 g/mol. The molecule has 0 radical (unpaired) electrons. The van der Waals surface area contributed by atoms with Gasteiger partial charge in [0.1, 0.15) is 12.1 Å². The van der Waals surface area contributed by atoms with Crippen LogP contribution in [0.3, 0.4) is 0 Å². The fraction of sp³-hybridized carbons (Fsp3) is 0.310. The minimum atomic E-state index is -1.15. The molecule has 0 aliphatic heterocycles. The molecule has 6 nitrogen and oxygen atoms in total. The number of fused-ring (bicyclic) bond motifs is 3. The Kier molecular flexibility index (Phi) is 6.55. The molecule has 0 aromatic heterocycles. The van der Waals surface area contributed by atoms with E-state index in [2.05, 4.69) is 29.6 Å². The number of carbonyl (C=O) groups is 2. The van der Waals surface area contributed by atoms with Crippen LogP contribution in [0.15, 0.2) is 78.9 Å². The topological polar surface area (TPSA) is 73.9 Å². The minimum Gasteiger partial charge on any atom is -0.467 e. The van der Waals surface area contributed by atoms with Gasteiger partial charge in [0.05, 0.1) is 19.8 Å². The van der Waals surface area contributed by atoms with Crippen LogP contribution in [-0.4, -0.2) is 37.4 Å². The van der Waals surface area contributed by atoms with E-state index in [0.29, 0.717) is 25.9 Å². The molecule has 0 spiro atoms. The quantitative estimate of drug-likeness (QED) is 0.479. The molecule has 5 rings (SSSR count). The van der Waals surface area contributed by atoms with Gasteiger partial charge in [0.2, 0.25) is 0 Å². The minimum absolute atomic E-state index is 0.0484. The van der Waals surface area contributed by atoms with Crippen LogP contribution >= 0.6 is 0 Å². The van der Waals surface area contributed by atoms with Crippen LogP contribution in [0, 0.1) is 0 Å². The van der Waals surface area contributed by atoms with Gasteiger partial charge in [-0.05, 0) is 40.7 Å². The van der Waals surface area contributed by atoms with Gasteiger partial charge in [0, 0.05) is 12.3 Å². The van der Waals surface area contributed by atoms with Gasteiger partial charge in [-0.2, -0.15) is 0 Å². The highest BCUT2D eigenvalue weighted by atomic mass is 16.6. The molecule has 1 fully saturated rings. The fourth-order valence-electron chi connectivity index (χ4n) is 5.31. The zero-order valence-electron chi connectivity index (χ0n) is 19.7. The van der Waals surface area contributed by atoms with Gasteiger partial charge in [-0.25, -0.2) is 9.59 Å². The molecule has 180 valence electrons. The second kappa shape index (κ2) is 9.92. The van der Waals surface area contributed by atoms with E-state index in [9.17, 15) is 9.59 Å². The predicted octanol–water partition coefficient (Wildman–Crippen LogP) is 5.21. The van der Waals surface area contributed by atoms with Crippen molar-refractivity contribution in [2.24, 2.45) is 0 Å². The van der Waals surface area contributed by atoms with E-state index in [1.807, 2.05) is 54.6 Å². The molecule has 1 amide bonds. The van der Waals surface area contributed by atoms with Crippen LogP contribution < -0.4 is 5.32 Å². The summed E-state index contributed by atoms with van der Waals surface area (Å²) in [5, 5.41) is 2.83. The lowest BCUT2D eigenvalue weighted by Gasteiger charge is -2.27. The summed E-state index contributed by atoms with van der Waals surface area (Å²) in [7, 11) is 1.33. The van der Waals surface area contributed by atoms with Gasteiger partial charge in [0.25, 0.3) is 0 Å². The van der Waals surface area contributed by atoms with E-state index < -0.39 is 17.6 Å². The van der Waals surface area contributed by atoms with Gasteiger partial charge in [-0.1, -0.05) is 78.9 Å². The molecule has 2 atom stereocenters. The van der Waals surface area contributed by atoms with Crippen molar-refractivity contribution in [3.63, 3.8) is 0 Å². The number of rotatable bonds is 7. The number of amides is 1. The van der Waals surface area contributed by atoms with Gasteiger partial charge < -0.3 is 19.5 Å². The maximum Gasteiger partial charge on any atom is 0.408 e. The summed E-state index contributed by atoms with van der Waals surface area (Å²) in [4.78, 5) is 25.6. The fourth-order valence-corrected chi connectivity index (χ4v) is 5.31. The van der Waals surface area contributed by atoms with Crippen LogP contribution in [0.2, 0.25) is 0 Å². The SMILES string of the molecule is COC(=O)C1(NC(=O)OCC2c3ccccc3-c3ccccc32)CCC(OCc2ccccc2)C1. The number of ether oxygens (including phenoxy) is 3. The third kappa shape index (κ3) is 4.66. The van der Waals surface area contributed by atoms with Crippen molar-refractivity contribution in [3.8, 4) is 11.1 Å². The number of methoxy groups -OCH3 is 1. The zero-order chi connectivity index (χ0) is 24.3. The number of nitrogens with one attached hydrogen (secondary N) is 1. The number of hydrogen-bond donors (Lipinski definition) is 1. The van der Waals surface area contributed by atoms with Crippen molar-refractivity contribution >= 4 is 12.1 Å². The smallest absolute Gasteiger partial charge is 0.408 e. The third-order valence-corrected chi connectivity index (χ3v) is 7.06. The van der Waals surface area contributed by atoms with Crippen molar-refractivity contribution in [1.29, 1.82) is 0 Å². The molecule has 0 bridgehead atoms. The molecule has 35 heavy (non-hydrogen) atoms. The Labute approximate surface area is 205 Å². The largest absolute Gasteiger partial charge is 0.467 e. The van der Waals surface area contributed by atoms with Gasteiger partial charge in [0.15, 0.2) is 0 Å². The molecule has 0 heterocycles. The molecular weight excluding hydrogens is 442 g/mol. The van der Waals surface area contributed by atoms with E-state index in [4.69, 9.17) is 14.2 Å². The summed E-state index contributed by atoms with van der Waals surface area (Å²) in [5.74, 6) is -0.524. The summed E-state index contributed by atoms with van der Waals surface area (Å²) >= 11 is 0. The van der Waals surface area contributed by atoms with E-state index in [-0.39, 0.29) is 18.6 Å². The van der Waals surface area contributed by atoms with Crippen LogP contribution in [0.25, 0.3) is 11.1 Å². The number of carbonyl (C=O) groups excluding carboxylic acids is 2. The van der Waals surface area contributed by atoms with E-state index in [0.717, 1.165) is 27.8 Å². The lowest BCUT2D eigenvalue weighted by molar-refractivity contribution is -0.148. The molecule has 3 aromatic rings. The van der Waals surface area contributed by atoms with Gasteiger partial charge in [-0.15, -0.1) is 0 Å². The molecule has 2 aliphatic carbocycles. The molecule has 3 aromatic carbocycles. The molecule has 6 heteroatoms. The molecule has 2 aliphatic rings. The van der Waals surface area contributed by atoms with Gasteiger partial charge in [-0.3, -0.25) is 0 Å². The third-order valence-electron chi connectivity index (χ3n) is 7.06. The first kappa shape index (κ1) is 23.1. The van der Waals surface area contributed by atoms with Crippen molar-refractivity contribution in [3.05, 3.63) is 95.6 Å². The first-order chi connectivity index (χ1) is 17.1. The Hall–Kier alpha value is -3.64. The van der Waals surface area contributed by atoms with Crippen molar-refractivity contribution in [2.45, 2.75) is 43.4 Å². The molecule has 2 unspecified atom stereocenters. The van der Waals surface area contributed by atoms with Crippen molar-refractivity contribution in [1.82, 2.24) is 5.32 Å². The lowest BCUT2D eigenvalue weighted by atomic mass is 9.97. The standard InChI is InChI=1S/C29H29NO5/c1-33-27(31)29(16-15-21(17-29)34-18-20-9-3-2-4-10-20)30-28(32)35-19-26-24-13-7-5-11-22(24)23-12-6-8-14-25(23)26/h2-14,21,26H,15-19H2,1H3,(H,30,32). The predicted molar refractivity (Wildman–Crippen MR) is 132 cm³/mol. The summed E-state index contributed by atoms with van der Waals surface area (Å²) in [6, 6.07) is 26.2. The second-order valence-corrected chi connectivity index (χ2v) is 9.19. The normalized spacial score (nSPS) is 20.7. The van der Waals surface area contributed by atoms with Crippen LogP contribution in [0.1, 0.15) is 41.9 Å². The highest BCUT2D eigenvalue weighted by Crippen LogP contribution is 2.44. The van der Waals surface area contributed by atoms with Crippen LogP contribution in [-0.2, 0) is 25.6 Å². The van der Waals surface area contributed by atoms with E-state index >= 15 is 0 Å². The number of benzene rings is 3. The molecule has 0 saturated heterocycles. The Morgan fingerprint density at radius 1 is 0.914 bits per heavy atom. The highest BCUT2D eigenvalue weighted by Gasteiger charge is 2.48. The van der Waals surface area contributed by atoms with Crippen molar-refractivity contribution in [2.75, 3.05) is 13.7 Å². The lowest BCUT2D eigenvalue weighted by Crippen LogP contribution is -2.54. The number of alkyl carbamates (subject to hydrolysis) is 1. The highest BCUT2D eigenvalue weighted by molar-refractivity contribution is 5.86. The summed E-state index contributed by atoms with van der Waals surface area (Å²) in [6.07, 6.45) is 0.634. The zero-order valence-corrected chi connectivity index (χ0v) is 19.7. The van der Waals surface area contributed by atoms with Crippen molar-refractivity contribution < 1.29 is 23.8 Å². The number of hydrogen-bond acceptors (Lipinski definition) is 5. The summed E-state index contributed by atoms with van der Waals surface area (Å²) in [5.41, 5.74) is 4.51. The van der Waals surface area contributed by atoms with Crippen LogP contribution in [0.4, 0.5) is 4.79 Å². The maximum absolute atomic E-state index is 12.9. The average Bonchev–Trinajstić information content (AvgIpc) is 3.46. The first-order valence-corrected chi connectivity index (χ1v) is 12.0. The Morgan fingerprint density at radius 2 is 1.54 bits per heavy atom. The molecular formula is C29H29NO5. The number of esters is 1. The molecule has 1 N–H and O–H groups in total. The average molecular weight is 472 g/mol. The summed E-state index contributed by atoms with van der Waals surface area (Å²) < 4.78 is 16.8. The molecule has 1 saturated carbocycles. The Balaban J connectivity index is 1.23. The van der Waals surface area contributed by atoms with E-state index in [1.54, 1.807) is 0 Å². The maximum atomic E-state index is 12.9. The Morgan fingerprint density at radius 3 is 2.20 bits per heavy atom.